The van der Waals surface area contributed by atoms with E-state index >= 15 is 0 Å². The van der Waals surface area contributed by atoms with Gasteiger partial charge in [0.15, 0.2) is 0 Å². The third-order valence-corrected chi connectivity index (χ3v) is 4.71. The molecule has 0 bridgehead atoms. The zero-order valence-corrected chi connectivity index (χ0v) is 15.8. The molecule has 3 heterocycles. The van der Waals surface area contributed by atoms with Crippen molar-refractivity contribution in [2.75, 3.05) is 13.1 Å². The zero-order valence-electron chi connectivity index (χ0n) is 15.8. The molecule has 0 aliphatic carbocycles. The Morgan fingerprint density at radius 2 is 2.04 bits per heavy atom. The molecule has 7 heteroatoms. The Labute approximate surface area is 149 Å². The lowest BCUT2D eigenvalue weighted by Gasteiger charge is -2.37. The number of nitrogens with zero attached hydrogens (tertiary/aromatic N) is 6. The smallest absolute Gasteiger partial charge is 0.123 e. The highest BCUT2D eigenvalue weighted by molar-refractivity contribution is 5.11. The largest absolute Gasteiger partial charge is 0.382 e. The van der Waals surface area contributed by atoms with Gasteiger partial charge in [0, 0.05) is 37.4 Å². The van der Waals surface area contributed by atoms with Crippen LogP contribution in [0, 0.1) is 5.92 Å². The molecular weight excluding hydrogens is 316 g/mol. The van der Waals surface area contributed by atoms with Crippen LogP contribution in [0.1, 0.15) is 57.8 Å². The summed E-state index contributed by atoms with van der Waals surface area (Å²) in [6.07, 6.45) is 7.61. The Morgan fingerprint density at radius 3 is 2.72 bits per heavy atom. The highest BCUT2D eigenvalue weighted by atomic mass is 16.3. The van der Waals surface area contributed by atoms with Gasteiger partial charge in [-0.2, -0.15) is 5.10 Å². The van der Waals surface area contributed by atoms with Gasteiger partial charge in [0.1, 0.15) is 11.3 Å². The van der Waals surface area contributed by atoms with Crippen molar-refractivity contribution in [3.8, 4) is 0 Å². The van der Waals surface area contributed by atoms with Crippen LogP contribution in [0.5, 0.6) is 0 Å². The third-order valence-electron chi connectivity index (χ3n) is 4.71. The summed E-state index contributed by atoms with van der Waals surface area (Å²) in [5.41, 5.74) is 0.955. The molecule has 1 fully saturated rings. The summed E-state index contributed by atoms with van der Waals surface area (Å²) in [5, 5.41) is 24.0. The van der Waals surface area contributed by atoms with Gasteiger partial charge in [-0.1, -0.05) is 19.1 Å². The second kappa shape index (κ2) is 7.25. The number of piperidine rings is 1. The minimum absolute atomic E-state index is 0.247. The van der Waals surface area contributed by atoms with Gasteiger partial charge >= 0.3 is 0 Å². The molecule has 2 aromatic rings. The SMILES string of the molecule is CC(C)Cn1cc(CN2CCCC(O)(c3cn(C(C)C)nn3)C2)cn1. The fourth-order valence-corrected chi connectivity index (χ4v) is 3.43. The van der Waals surface area contributed by atoms with Crippen molar-refractivity contribution in [2.45, 2.75) is 65.3 Å². The van der Waals surface area contributed by atoms with Crippen LogP contribution in [0.3, 0.4) is 0 Å². The maximum atomic E-state index is 11.1. The molecular formula is C18H30N6O. The second-order valence-electron chi connectivity index (χ2n) is 7.99. The van der Waals surface area contributed by atoms with Crippen LogP contribution in [0.2, 0.25) is 0 Å². The summed E-state index contributed by atoms with van der Waals surface area (Å²) >= 11 is 0. The van der Waals surface area contributed by atoms with Crippen molar-refractivity contribution in [3.05, 3.63) is 29.8 Å². The average Bonchev–Trinajstić information content (AvgIpc) is 3.16. The van der Waals surface area contributed by atoms with Gasteiger partial charge in [0.05, 0.1) is 12.4 Å². The molecule has 1 aliphatic heterocycles. The molecule has 0 spiro atoms. The van der Waals surface area contributed by atoms with Crippen LogP contribution >= 0.6 is 0 Å². The third kappa shape index (κ3) is 4.27. The molecule has 1 atom stereocenters. The topological polar surface area (TPSA) is 72.0 Å². The predicted octanol–water partition coefficient (Wildman–Crippen LogP) is 2.20. The summed E-state index contributed by atoms with van der Waals surface area (Å²) in [6.45, 7) is 11.8. The van der Waals surface area contributed by atoms with E-state index in [-0.39, 0.29) is 6.04 Å². The van der Waals surface area contributed by atoms with Crippen molar-refractivity contribution < 1.29 is 5.11 Å². The van der Waals surface area contributed by atoms with E-state index in [0.717, 1.165) is 32.5 Å². The van der Waals surface area contributed by atoms with Gasteiger partial charge < -0.3 is 5.11 Å². The lowest BCUT2D eigenvalue weighted by molar-refractivity contribution is -0.0414. The summed E-state index contributed by atoms with van der Waals surface area (Å²) in [7, 11) is 0. The Morgan fingerprint density at radius 1 is 1.24 bits per heavy atom. The van der Waals surface area contributed by atoms with Crippen molar-refractivity contribution in [3.63, 3.8) is 0 Å². The first-order valence-electron chi connectivity index (χ1n) is 9.24. The molecule has 7 nitrogen and oxygen atoms in total. The Kier molecular flexibility index (Phi) is 5.24. The van der Waals surface area contributed by atoms with Gasteiger partial charge in [0.25, 0.3) is 0 Å². The number of likely N-dealkylation sites (tertiary alicyclic amines) is 1. The summed E-state index contributed by atoms with van der Waals surface area (Å²) in [5.74, 6) is 0.580. The quantitative estimate of drug-likeness (QED) is 0.868. The summed E-state index contributed by atoms with van der Waals surface area (Å²) < 4.78 is 3.81. The van der Waals surface area contributed by atoms with Crippen LogP contribution in [0.15, 0.2) is 18.6 Å². The first-order valence-corrected chi connectivity index (χ1v) is 9.24. The van der Waals surface area contributed by atoms with Crippen LogP contribution < -0.4 is 0 Å². The highest BCUT2D eigenvalue weighted by Gasteiger charge is 2.37. The van der Waals surface area contributed by atoms with E-state index in [1.54, 1.807) is 0 Å². The van der Waals surface area contributed by atoms with E-state index in [9.17, 15) is 5.11 Å². The molecule has 0 radical (unpaired) electrons. The number of hydrogen-bond acceptors (Lipinski definition) is 5. The number of rotatable bonds is 6. The van der Waals surface area contributed by atoms with Crippen molar-refractivity contribution in [2.24, 2.45) is 5.92 Å². The predicted molar refractivity (Wildman–Crippen MR) is 95.9 cm³/mol. The Hall–Kier alpha value is -1.73. The van der Waals surface area contributed by atoms with Gasteiger partial charge in [-0.25, -0.2) is 4.68 Å². The fourth-order valence-electron chi connectivity index (χ4n) is 3.43. The van der Waals surface area contributed by atoms with E-state index < -0.39 is 5.60 Å². The van der Waals surface area contributed by atoms with Crippen LogP contribution in [-0.2, 0) is 18.7 Å². The molecule has 138 valence electrons. The normalized spacial score (nSPS) is 22.2. The van der Waals surface area contributed by atoms with Crippen LogP contribution in [0.4, 0.5) is 0 Å². The molecule has 25 heavy (non-hydrogen) atoms. The zero-order chi connectivity index (χ0) is 18.0. The first-order chi connectivity index (χ1) is 11.9. The van der Waals surface area contributed by atoms with Crippen LogP contribution in [-0.4, -0.2) is 47.9 Å². The monoisotopic (exact) mass is 346 g/mol. The van der Waals surface area contributed by atoms with E-state index in [4.69, 9.17) is 0 Å². The number of β-amino-alcohol motifs (C(OH)–C–C–N with tert-alkyl or cyclic N) is 1. The molecule has 3 rings (SSSR count). The molecule has 2 aromatic heterocycles. The second-order valence-corrected chi connectivity index (χ2v) is 7.99. The molecule has 1 saturated heterocycles. The van der Waals surface area contributed by atoms with Gasteiger partial charge in [-0.15, -0.1) is 5.10 Å². The molecule has 1 N–H and O–H groups in total. The van der Waals surface area contributed by atoms with Crippen molar-refractivity contribution in [1.29, 1.82) is 0 Å². The maximum absolute atomic E-state index is 11.1. The Balaban J connectivity index is 1.66. The molecule has 0 amide bonds. The van der Waals surface area contributed by atoms with E-state index in [1.165, 1.54) is 5.56 Å². The summed E-state index contributed by atoms with van der Waals surface area (Å²) in [6, 6.07) is 0.247. The molecule has 1 unspecified atom stereocenters. The average molecular weight is 346 g/mol. The van der Waals surface area contributed by atoms with Gasteiger partial charge in [-0.05, 0) is 39.2 Å². The van der Waals surface area contributed by atoms with Gasteiger partial charge in [-0.3, -0.25) is 9.58 Å². The summed E-state index contributed by atoms with van der Waals surface area (Å²) in [4.78, 5) is 2.29. The first kappa shape index (κ1) is 18.1. The standard InChI is InChI=1S/C18H30N6O/c1-14(2)9-23-11-16(8-19-23)10-22-7-5-6-18(25,13-22)17-12-24(15(3)4)21-20-17/h8,11-12,14-15,25H,5-7,9-10,13H2,1-4H3. The Bertz CT molecular complexity index is 691. The van der Waals surface area contributed by atoms with E-state index in [0.29, 0.717) is 18.2 Å². The number of aromatic nitrogens is 5. The number of hydrogen-bond donors (Lipinski definition) is 1. The highest BCUT2D eigenvalue weighted by Crippen LogP contribution is 2.31. The molecule has 0 saturated carbocycles. The molecule has 0 aromatic carbocycles. The van der Waals surface area contributed by atoms with E-state index in [2.05, 4.69) is 54.2 Å². The maximum Gasteiger partial charge on any atom is 0.123 e. The lowest BCUT2D eigenvalue weighted by atomic mass is 9.90. The van der Waals surface area contributed by atoms with Crippen LogP contribution in [0.25, 0.3) is 0 Å². The minimum atomic E-state index is -0.917. The van der Waals surface area contributed by atoms with E-state index in [1.807, 2.05) is 21.8 Å². The van der Waals surface area contributed by atoms with Crippen molar-refractivity contribution >= 4 is 0 Å². The minimum Gasteiger partial charge on any atom is -0.382 e. The number of aliphatic hydroxyl groups is 1. The molecule has 1 aliphatic rings. The lowest BCUT2D eigenvalue weighted by Crippen LogP contribution is -2.45. The van der Waals surface area contributed by atoms with Gasteiger partial charge in [0.2, 0.25) is 0 Å². The van der Waals surface area contributed by atoms with Crippen molar-refractivity contribution in [1.82, 2.24) is 29.7 Å². The fraction of sp³-hybridized carbons (Fsp3) is 0.722.